The Morgan fingerprint density at radius 2 is 2.21 bits per heavy atom. The fourth-order valence-corrected chi connectivity index (χ4v) is 4.59. The summed E-state index contributed by atoms with van der Waals surface area (Å²) in [7, 11) is 0. The molecular weight excluding hydrogens is 276 g/mol. The van der Waals surface area contributed by atoms with Crippen LogP contribution >= 0.6 is 24.0 Å². The SMILES string of the molecule is CCN(CCC(N)=S)C1CCOC2(CCSCC2)C1. The van der Waals surface area contributed by atoms with Gasteiger partial charge in [0.25, 0.3) is 0 Å². The van der Waals surface area contributed by atoms with Crippen LogP contribution in [0.15, 0.2) is 0 Å². The van der Waals surface area contributed by atoms with Crippen LogP contribution in [0.4, 0.5) is 0 Å². The third-order valence-electron chi connectivity index (χ3n) is 4.44. The van der Waals surface area contributed by atoms with Crippen LogP contribution in [-0.2, 0) is 4.74 Å². The van der Waals surface area contributed by atoms with Crippen molar-refractivity contribution in [1.29, 1.82) is 0 Å². The minimum absolute atomic E-state index is 0.171. The Balaban J connectivity index is 1.92. The molecule has 19 heavy (non-hydrogen) atoms. The second kappa shape index (κ2) is 7.25. The van der Waals surface area contributed by atoms with Crippen LogP contribution in [0.3, 0.4) is 0 Å². The normalized spacial score (nSPS) is 26.7. The molecule has 0 radical (unpaired) electrons. The first kappa shape index (κ1) is 15.5. The molecule has 0 aromatic heterocycles. The van der Waals surface area contributed by atoms with Crippen molar-refractivity contribution in [2.24, 2.45) is 5.73 Å². The van der Waals surface area contributed by atoms with Gasteiger partial charge in [0.2, 0.25) is 0 Å². The summed E-state index contributed by atoms with van der Waals surface area (Å²) in [6.45, 7) is 5.23. The summed E-state index contributed by atoms with van der Waals surface area (Å²) in [5.74, 6) is 2.51. The fraction of sp³-hybridized carbons (Fsp3) is 0.929. The zero-order valence-electron chi connectivity index (χ0n) is 11.9. The first-order valence-electron chi connectivity index (χ1n) is 7.39. The van der Waals surface area contributed by atoms with Crippen molar-refractivity contribution in [3.8, 4) is 0 Å². The van der Waals surface area contributed by atoms with Gasteiger partial charge in [-0.3, -0.25) is 0 Å². The van der Waals surface area contributed by atoms with Crippen molar-refractivity contribution < 1.29 is 4.74 Å². The molecule has 2 saturated heterocycles. The maximum Gasteiger partial charge on any atom is 0.0740 e. The van der Waals surface area contributed by atoms with Crippen molar-refractivity contribution in [3.63, 3.8) is 0 Å². The molecule has 0 bridgehead atoms. The molecule has 0 saturated carbocycles. The van der Waals surface area contributed by atoms with Crippen LogP contribution in [-0.4, -0.2) is 52.7 Å². The molecule has 0 aliphatic carbocycles. The van der Waals surface area contributed by atoms with Crippen molar-refractivity contribution >= 4 is 29.0 Å². The smallest absolute Gasteiger partial charge is 0.0740 e. The van der Waals surface area contributed by atoms with E-state index in [-0.39, 0.29) is 5.60 Å². The number of nitrogens with two attached hydrogens (primary N) is 1. The predicted octanol–water partition coefficient (Wildman–Crippen LogP) is 2.43. The van der Waals surface area contributed by atoms with Gasteiger partial charge in [0.05, 0.1) is 10.6 Å². The number of hydrogen-bond donors (Lipinski definition) is 1. The maximum atomic E-state index is 6.17. The maximum absolute atomic E-state index is 6.17. The second-order valence-electron chi connectivity index (χ2n) is 5.64. The third kappa shape index (κ3) is 4.31. The van der Waals surface area contributed by atoms with Crippen molar-refractivity contribution in [2.45, 2.75) is 50.7 Å². The van der Waals surface area contributed by atoms with E-state index in [0.29, 0.717) is 11.0 Å². The highest BCUT2D eigenvalue weighted by atomic mass is 32.2. The molecule has 2 aliphatic heterocycles. The lowest BCUT2D eigenvalue weighted by atomic mass is 9.85. The Bertz CT molecular complexity index is 300. The predicted molar refractivity (Wildman–Crippen MR) is 86.9 cm³/mol. The monoisotopic (exact) mass is 302 g/mol. The summed E-state index contributed by atoms with van der Waals surface area (Å²) < 4.78 is 6.17. The van der Waals surface area contributed by atoms with E-state index in [0.717, 1.165) is 32.5 Å². The molecule has 0 aromatic rings. The van der Waals surface area contributed by atoms with Crippen LogP contribution in [0.1, 0.15) is 39.0 Å². The van der Waals surface area contributed by atoms with E-state index in [2.05, 4.69) is 23.6 Å². The fourth-order valence-electron chi connectivity index (χ4n) is 3.26. The van der Waals surface area contributed by atoms with Gasteiger partial charge in [-0.1, -0.05) is 19.1 Å². The number of nitrogens with zero attached hydrogens (tertiary/aromatic N) is 1. The van der Waals surface area contributed by atoms with E-state index in [4.69, 9.17) is 22.7 Å². The van der Waals surface area contributed by atoms with Gasteiger partial charge < -0.3 is 15.4 Å². The standard InChI is InChI=1S/C14H26N2OS2/c1-2-16(7-3-13(15)18)12-4-8-17-14(11-12)5-9-19-10-6-14/h12H,2-11H2,1H3,(H2,15,18). The number of hydrogen-bond acceptors (Lipinski definition) is 4. The van der Waals surface area contributed by atoms with E-state index >= 15 is 0 Å². The zero-order valence-corrected chi connectivity index (χ0v) is 13.5. The van der Waals surface area contributed by atoms with Crippen molar-refractivity contribution in [1.82, 2.24) is 4.90 Å². The molecule has 110 valence electrons. The highest BCUT2D eigenvalue weighted by Crippen LogP contribution is 2.38. The Morgan fingerprint density at radius 1 is 1.47 bits per heavy atom. The Labute approximate surface area is 126 Å². The van der Waals surface area contributed by atoms with Crippen molar-refractivity contribution in [3.05, 3.63) is 0 Å². The molecule has 1 atom stereocenters. The van der Waals surface area contributed by atoms with Gasteiger partial charge in [0, 0.05) is 25.6 Å². The lowest BCUT2D eigenvalue weighted by Crippen LogP contribution is -2.50. The lowest BCUT2D eigenvalue weighted by molar-refractivity contribution is -0.109. The quantitative estimate of drug-likeness (QED) is 0.790. The molecule has 2 fully saturated rings. The summed E-state index contributed by atoms with van der Waals surface area (Å²) >= 11 is 7.07. The van der Waals surface area contributed by atoms with Gasteiger partial charge in [-0.2, -0.15) is 11.8 Å². The van der Waals surface area contributed by atoms with E-state index < -0.39 is 0 Å². The van der Waals surface area contributed by atoms with Gasteiger partial charge in [-0.15, -0.1) is 0 Å². The number of rotatable bonds is 5. The first-order chi connectivity index (χ1) is 9.15. The topological polar surface area (TPSA) is 38.5 Å². The van der Waals surface area contributed by atoms with E-state index in [1.54, 1.807) is 0 Å². The first-order valence-corrected chi connectivity index (χ1v) is 8.95. The zero-order chi connectivity index (χ0) is 13.7. The molecular formula is C14H26N2OS2. The summed E-state index contributed by atoms with van der Waals surface area (Å²) in [5, 5.41) is 0. The van der Waals surface area contributed by atoms with Gasteiger partial charge in [-0.25, -0.2) is 0 Å². The van der Waals surface area contributed by atoms with Crippen LogP contribution < -0.4 is 5.73 Å². The third-order valence-corrected chi connectivity index (χ3v) is 5.63. The Kier molecular flexibility index (Phi) is 5.93. The molecule has 3 nitrogen and oxygen atoms in total. The van der Waals surface area contributed by atoms with Crippen LogP contribution in [0.25, 0.3) is 0 Å². The minimum Gasteiger partial charge on any atom is -0.393 e. The Morgan fingerprint density at radius 3 is 2.84 bits per heavy atom. The van der Waals surface area contributed by atoms with E-state index in [1.807, 2.05) is 0 Å². The molecule has 2 rings (SSSR count). The number of thioether (sulfide) groups is 1. The second-order valence-corrected chi connectivity index (χ2v) is 7.38. The van der Waals surface area contributed by atoms with E-state index in [1.165, 1.54) is 30.8 Å². The van der Waals surface area contributed by atoms with Gasteiger partial charge in [0.15, 0.2) is 0 Å². The van der Waals surface area contributed by atoms with Crippen LogP contribution in [0, 0.1) is 0 Å². The lowest BCUT2D eigenvalue weighted by Gasteiger charge is -2.46. The molecule has 1 spiro atoms. The van der Waals surface area contributed by atoms with Crippen LogP contribution in [0.5, 0.6) is 0 Å². The molecule has 1 unspecified atom stereocenters. The molecule has 2 N–H and O–H groups in total. The highest BCUT2D eigenvalue weighted by molar-refractivity contribution is 7.99. The van der Waals surface area contributed by atoms with Gasteiger partial charge >= 0.3 is 0 Å². The average molecular weight is 303 g/mol. The van der Waals surface area contributed by atoms with Gasteiger partial charge in [-0.05, 0) is 43.7 Å². The molecule has 2 heterocycles. The minimum atomic E-state index is 0.171. The van der Waals surface area contributed by atoms with Crippen LogP contribution in [0.2, 0.25) is 0 Å². The number of ether oxygens (including phenoxy) is 1. The number of thiocarbonyl (C=S) groups is 1. The summed E-state index contributed by atoms with van der Waals surface area (Å²) in [6, 6.07) is 0.649. The highest BCUT2D eigenvalue weighted by Gasteiger charge is 2.40. The van der Waals surface area contributed by atoms with Crippen molar-refractivity contribution in [2.75, 3.05) is 31.2 Å². The summed E-state index contributed by atoms with van der Waals surface area (Å²) in [6.07, 6.45) is 5.63. The summed E-state index contributed by atoms with van der Waals surface area (Å²) in [4.78, 5) is 3.18. The Hall–Kier alpha value is 0.160. The molecule has 2 aliphatic rings. The summed E-state index contributed by atoms with van der Waals surface area (Å²) in [5.41, 5.74) is 5.81. The molecule has 0 aromatic carbocycles. The van der Waals surface area contributed by atoms with Gasteiger partial charge in [0.1, 0.15) is 0 Å². The molecule has 5 heteroatoms. The molecule has 0 amide bonds. The average Bonchev–Trinajstić information content (AvgIpc) is 2.40. The van der Waals surface area contributed by atoms with E-state index in [9.17, 15) is 0 Å². The largest absolute Gasteiger partial charge is 0.393 e.